The van der Waals surface area contributed by atoms with Crippen molar-refractivity contribution in [2.75, 3.05) is 0 Å². The third-order valence-corrected chi connectivity index (χ3v) is 2.48. The molecule has 0 bridgehead atoms. The molecule has 0 aliphatic rings. The van der Waals surface area contributed by atoms with E-state index in [-0.39, 0.29) is 5.69 Å². The zero-order valence-electron chi connectivity index (χ0n) is 8.72. The third kappa shape index (κ3) is 1.79. The van der Waals surface area contributed by atoms with Gasteiger partial charge in [-0.1, -0.05) is 13.3 Å². The second-order valence-corrected chi connectivity index (χ2v) is 3.36. The van der Waals surface area contributed by atoms with E-state index in [9.17, 15) is 4.79 Å². The van der Waals surface area contributed by atoms with Gasteiger partial charge in [0.05, 0.1) is 5.69 Å². The molecule has 0 fully saturated rings. The van der Waals surface area contributed by atoms with Gasteiger partial charge in [-0.2, -0.15) is 4.98 Å². The minimum absolute atomic E-state index is 0.147. The smallest absolute Gasteiger partial charge is 0.299 e. The van der Waals surface area contributed by atoms with Gasteiger partial charge in [0.25, 0.3) is 0 Å². The molecule has 3 heteroatoms. The topological polar surface area (TPSA) is 34.9 Å². The molecule has 0 spiro atoms. The lowest BCUT2D eigenvalue weighted by molar-refractivity contribution is 0.730. The lowest BCUT2D eigenvalue weighted by atomic mass is 10.1. The minimum Gasteiger partial charge on any atom is -0.299 e. The molecule has 72 valence electrons. The molecule has 0 aliphatic carbocycles. The van der Waals surface area contributed by atoms with Gasteiger partial charge in [0.15, 0.2) is 0 Å². The van der Waals surface area contributed by atoms with Crippen molar-refractivity contribution in [2.24, 2.45) is 7.05 Å². The molecule has 0 amide bonds. The van der Waals surface area contributed by atoms with E-state index in [1.54, 1.807) is 11.6 Å². The van der Waals surface area contributed by atoms with Crippen molar-refractivity contribution in [2.45, 2.75) is 33.6 Å². The molecule has 0 aliphatic heterocycles. The summed E-state index contributed by atoms with van der Waals surface area (Å²) >= 11 is 0. The summed E-state index contributed by atoms with van der Waals surface area (Å²) in [5.41, 5.74) is 2.96. The predicted molar refractivity (Wildman–Crippen MR) is 52.9 cm³/mol. The zero-order valence-corrected chi connectivity index (χ0v) is 8.72. The lowest BCUT2D eigenvalue weighted by Crippen LogP contribution is -2.25. The van der Waals surface area contributed by atoms with Crippen LogP contribution in [0, 0.1) is 13.8 Å². The first-order chi connectivity index (χ1) is 6.07. The molecule has 13 heavy (non-hydrogen) atoms. The van der Waals surface area contributed by atoms with Gasteiger partial charge >= 0.3 is 5.69 Å². The maximum atomic E-state index is 11.3. The summed E-state index contributed by atoms with van der Waals surface area (Å²) in [6.07, 6.45) is 1.92. The Labute approximate surface area is 78.4 Å². The van der Waals surface area contributed by atoms with Crippen molar-refractivity contribution >= 4 is 0 Å². The van der Waals surface area contributed by atoms with Crippen LogP contribution < -0.4 is 5.69 Å². The van der Waals surface area contributed by atoms with Crippen molar-refractivity contribution in [1.82, 2.24) is 9.55 Å². The Hall–Kier alpha value is -1.12. The number of hydrogen-bond donors (Lipinski definition) is 0. The molecule has 0 saturated carbocycles. The fraction of sp³-hybridized carbons (Fsp3) is 0.600. The van der Waals surface area contributed by atoms with E-state index < -0.39 is 0 Å². The van der Waals surface area contributed by atoms with Crippen LogP contribution in [0.4, 0.5) is 0 Å². The fourth-order valence-corrected chi connectivity index (χ4v) is 1.36. The molecule has 0 saturated heterocycles. The van der Waals surface area contributed by atoms with E-state index in [1.165, 1.54) is 0 Å². The first-order valence-electron chi connectivity index (χ1n) is 4.61. The van der Waals surface area contributed by atoms with Crippen molar-refractivity contribution in [1.29, 1.82) is 0 Å². The summed E-state index contributed by atoms with van der Waals surface area (Å²) in [6.45, 7) is 6.07. The molecule has 1 heterocycles. The second kappa shape index (κ2) is 3.73. The molecule has 1 rings (SSSR count). The zero-order chi connectivity index (χ0) is 10.0. The highest BCUT2D eigenvalue weighted by atomic mass is 16.1. The fourth-order valence-electron chi connectivity index (χ4n) is 1.36. The van der Waals surface area contributed by atoms with Crippen LogP contribution in [-0.2, 0) is 13.5 Å². The van der Waals surface area contributed by atoms with Gasteiger partial charge in [0, 0.05) is 12.7 Å². The number of nitrogens with zero attached hydrogens (tertiary/aromatic N) is 2. The molecule has 0 atom stereocenters. The van der Waals surface area contributed by atoms with Gasteiger partial charge in [-0.25, -0.2) is 4.79 Å². The van der Waals surface area contributed by atoms with Crippen LogP contribution in [-0.4, -0.2) is 9.55 Å². The maximum Gasteiger partial charge on any atom is 0.347 e. The summed E-state index contributed by atoms with van der Waals surface area (Å²) < 4.78 is 1.59. The molecule has 0 radical (unpaired) electrons. The van der Waals surface area contributed by atoms with Crippen LogP contribution in [0.5, 0.6) is 0 Å². The average Bonchev–Trinajstić information content (AvgIpc) is 2.11. The van der Waals surface area contributed by atoms with Crippen LogP contribution >= 0.6 is 0 Å². The van der Waals surface area contributed by atoms with E-state index in [0.717, 1.165) is 29.8 Å². The van der Waals surface area contributed by atoms with E-state index in [2.05, 4.69) is 11.9 Å². The van der Waals surface area contributed by atoms with E-state index >= 15 is 0 Å². The Morgan fingerprint density at radius 1 is 1.38 bits per heavy atom. The van der Waals surface area contributed by atoms with Gasteiger partial charge in [0.1, 0.15) is 0 Å². The Kier molecular flexibility index (Phi) is 2.86. The SMILES string of the molecule is CCCc1nc(=O)n(C)c(C)c1C. The maximum absolute atomic E-state index is 11.3. The molecule has 1 aromatic heterocycles. The first kappa shape index (κ1) is 9.96. The highest BCUT2D eigenvalue weighted by molar-refractivity contribution is 5.22. The predicted octanol–water partition coefficient (Wildman–Crippen LogP) is 1.35. The van der Waals surface area contributed by atoms with E-state index in [1.807, 2.05) is 13.8 Å². The Bertz CT molecular complexity index is 366. The number of rotatable bonds is 2. The summed E-state index contributed by atoms with van der Waals surface area (Å²) in [4.78, 5) is 15.4. The van der Waals surface area contributed by atoms with Crippen molar-refractivity contribution in [3.05, 3.63) is 27.4 Å². The summed E-state index contributed by atoms with van der Waals surface area (Å²) in [7, 11) is 1.76. The number of hydrogen-bond acceptors (Lipinski definition) is 2. The van der Waals surface area contributed by atoms with Crippen LogP contribution in [0.15, 0.2) is 4.79 Å². The van der Waals surface area contributed by atoms with Gasteiger partial charge in [-0.15, -0.1) is 0 Å². The second-order valence-electron chi connectivity index (χ2n) is 3.36. The van der Waals surface area contributed by atoms with Gasteiger partial charge in [0.2, 0.25) is 0 Å². The Balaban J connectivity index is 3.32. The highest BCUT2D eigenvalue weighted by Crippen LogP contribution is 2.08. The van der Waals surface area contributed by atoms with Gasteiger partial charge < -0.3 is 0 Å². The summed E-state index contributed by atoms with van der Waals surface area (Å²) in [5, 5.41) is 0. The van der Waals surface area contributed by atoms with Crippen LogP contribution in [0.2, 0.25) is 0 Å². The molecule has 3 nitrogen and oxygen atoms in total. The van der Waals surface area contributed by atoms with Crippen LogP contribution in [0.3, 0.4) is 0 Å². The Morgan fingerprint density at radius 3 is 2.54 bits per heavy atom. The third-order valence-electron chi connectivity index (χ3n) is 2.48. The van der Waals surface area contributed by atoms with Crippen molar-refractivity contribution < 1.29 is 0 Å². The molecule has 1 aromatic rings. The minimum atomic E-state index is -0.147. The van der Waals surface area contributed by atoms with Crippen molar-refractivity contribution in [3.63, 3.8) is 0 Å². The molecule has 0 unspecified atom stereocenters. The lowest BCUT2D eigenvalue weighted by Gasteiger charge is -2.09. The van der Waals surface area contributed by atoms with Crippen LogP contribution in [0.25, 0.3) is 0 Å². The molecule has 0 aromatic carbocycles. The largest absolute Gasteiger partial charge is 0.347 e. The molecular formula is C10H16N2O. The normalized spacial score (nSPS) is 10.5. The monoisotopic (exact) mass is 180 g/mol. The van der Waals surface area contributed by atoms with Gasteiger partial charge in [-0.05, 0) is 25.8 Å². The number of aromatic nitrogens is 2. The number of aryl methyl sites for hydroxylation is 1. The van der Waals surface area contributed by atoms with E-state index in [0.29, 0.717) is 0 Å². The van der Waals surface area contributed by atoms with E-state index in [4.69, 9.17) is 0 Å². The average molecular weight is 180 g/mol. The molecular weight excluding hydrogens is 164 g/mol. The first-order valence-corrected chi connectivity index (χ1v) is 4.61. The van der Waals surface area contributed by atoms with Crippen molar-refractivity contribution in [3.8, 4) is 0 Å². The summed E-state index contributed by atoms with van der Waals surface area (Å²) in [5.74, 6) is 0. The standard InChI is InChI=1S/C10H16N2O/c1-5-6-9-7(2)8(3)12(4)10(13)11-9/h5-6H2,1-4H3. The van der Waals surface area contributed by atoms with Gasteiger partial charge in [-0.3, -0.25) is 4.57 Å². The quantitative estimate of drug-likeness (QED) is 0.688. The molecule has 0 N–H and O–H groups in total. The Morgan fingerprint density at radius 2 is 2.00 bits per heavy atom. The summed E-state index contributed by atoms with van der Waals surface area (Å²) in [6, 6.07) is 0. The van der Waals surface area contributed by atoms with Crippen LogP contribution in [0.1, 0.15) is 30.3 Å². The highest BCUT2D eigenvalue weighted by Gasteiger charge is 2.06.